The summed E-state index contributed by atoms with van der Waals surface area (Å²) in [6, 6.07) is 7.53. The largest absolute Gasteiger partial charge is 0.497 e. The van der Waals surface area contributed by atoms with Gasteiger partial charge in [-0.1, -0.05) is 19.3 Å². The van der Waals surface area contributed by atoms with E-state index in [9.17, 15) is 15.0 Å². The normalized spacial score (nSPS) is 22.8. The number of pyridine rings is 1. The number of hydrogen-bond donors (Lipinski definition) is 2. The van der Waals surface area contributed by atoms with Crippen molar-refractivity contribution in [2.45, 2.75) is 69.1 Å². The Kier molecular flexibility index (Phi) is 9.69. The lowest BCUT2D eigenvalue weighted by Crippen LogP contribution is -2.44. The van der Waals surface area contributed by atoms with Crippen molar-refractivity contribution in [3.8, 4) is 5.75 Å². The number of ether oxygens (including phenoxy) is 1. The second-order valence-electron chi connectivity index (χ2n) is 10.2. The Labute approximate surface area is 213 Å². The molecule has 2 heterocycles. The summed E-state index contributed by atoms with van der Waals surface area (Å²) >= 11 is 2.12. The number of carboxylic acids is 1. The molecule has 1 aromatic carbocycles. The lowest BCUT2D eigenvalue weighted by molar-refractivity contribution is -0.146. The van der Waals surface area contributed by atoms with Crippen molar-refractivity contribution in [3.05, 3.63) is 36.0 Å². The predicted molar refractivity (Wildman–Crippen MR) is 142 cm³/mol. The Bertz CT molecular complexity index is 965. The van der Waals surface area contributed by atoms with E-state index in [0.717, 1.165) is 53.4 Å². The van der Waals surface area contributed by atoms with Crippen molar-refractivity contribution in [1.82, 2.24) is 9.88 Å². The molecular formula is C28H40N2O4S. The van der Waals surface area contributed by atoms with E-state index in [2.05, 4.69) is 21.6 Å². The van der Waals surface area contributed by atoms with Crippen molar-refractivity contribution < 1.29 is 19.7 Å². The number of carbonyl (C=O) groups is 1. The van der Waals surface area contributed by atoms with Crippen LogP contribution >= 0.6 is 11.8 Å². The zero-order chi connectivity index (χ0) is 24.6. The van der Waals surface area contributed by atoms with Gasteiger partial charge in [-0.05, 0) is 93.1 Å². The first-order valence-corrected chi connectivity index (χ1v) is 14.3. The highest BCUT2D eigenvalue weighted by molar-refractivity contribution is 7.99. The number of nitrogens with zero attached hydrogens (tertiary/aromatic N) is 2. The number of rotatable bonds is 11. The van der Waals surface area contributed by atoms with Crippen LogP contribution in [0.25, 0.3) is 10.9 Å². The number of methoxy groups -OCH3 is 1. The van der Waals surface area contributed by atoms with E-state index in [0.29, 0.717) is 19.4 Å². The number of hydrogen-bond acceptors (Lipinski definition) is 6. The van der Waals surface area contributed by atoms with Gasteiger partial charge >= 0.3 is 5.97 Å². The molecule has 0 amide bonds. The molecule has 2 aromatic rings. The van der Waals surface area contributed by atoms with Crippen LogP contribution in [0.3, 0.4) is 0 Å². The fourth-order valence-electron chi connectivity index (χ4n) is 5.76. The smallest absolute Gasteiger partial charge is 0.308 e. The number of aliphatic hydroxyl groups is 1. The van der Waals surface area contributed by atoms with Crippen molar-refractivity contribution in [1.29, 1.82) is 0 Å². The van der Waals surface area contributed by atoms with Crippen molar-refractivity contribution in [2.24, 2.45) is 11.8 Å². The fraction of sp³-hybridized carbons (Fsp3) is 0.643. The number of piperidine rings is 1. The number of fused-ring (bicyclic) bond motifs is 1. The van der Waals surface area contributed by atoms with Gasteiger partial charge in [0.2, 0.25) is 0 Å². The summed E-state index contributed by atoms with van der Waals surface area (Å²) in [6.07, 6.45) is 11.2. The molecule has 1 aromatic heterocycles. The molecule has 2 N–H and O–H groups in total. The molecule has 3 atom stereocenters. The van der Waals surface area contributed by atoms with Crippen LogP contribution in [0.5, 0.6) is 5.75 Å². The van der Waals surface area contributed by atoms with E-state index in [4.69, 9.17) is 4.74 Å². The number of aliphatic hydroxyl groups excluding tert-OH is 1. The Morgan fingerprint density at radius 3 is 2.83 bits per heavy atom. The fourth-order valence-corrected chi connectivity index (χ4v) is 7.05. The molecule has 0 bridgehead atoms. The van der Waals surface area contributed by atoms with Gasteiger partial charge in [0.1, 0.15) is 5.75 Å². The van der Waals surface area contributed by atoms with Gasteiger partial charge in [-0.25, -0.2) is 0 Å². The molecule has 192 valence electrons. The predicted octanol–water partition coefficient (Wildman–Crippen LogP) is 5.54. The molecule has 7 heteroatoms. The van der Waals surface area contributed by atoms with Gasteiger partial charge in [0.25, 0.3) is 0 Å². The molecule has 6 nitrogen and oxygen atoms in total. The van der Waals surface area contributed by atoms with Crippen LogP contribution in [0.1, 0.15) is 69.5 Å². The first-order chi connectivity index (χ1) is 17.0. The zero-order valence-electron chi connectivity index (χ0n) is 20.9. The SMILES string of the molecule is COc1ccc2nccc(C(O)CC[C@@H]3CCN(CCCSC4CCCCC4)C[C@@H]3C(=O)O)c2c1. The zero-order valence-corrected chi connectivity index (χ0v) is 21.7. The Morgan fingerprint density at radius 2 is 2.06 bits per heavy atom. The lowest BCUT2D eigenvalue weighted by Gasteiger charge is -2.37. The average Bonchev–Trinajstić information content (AvgIpc) is 2.89. The Balaban J connectivity index is 1.28. The second kappa shape index (κ2) is 12.9. The minimum atomic E-state index is -0.704. The van der Waals surface area contributed by atoms with E-state index in [-0.39, 0.29) is 11.8 Å². The van der Waals surface area contributed by atoms with E-state index >= 15 is 0 Å². The molecule has 4 rings (SSSR count). The van der Waals surface area contributed by atoms with Gasteiger partial charge in [0, 0.05) is 23.4 Å². The summed E-state index contributed by atoms with van der Waals surface area (Å²) in [5.74, 6) is 0.937. The number of benzene rings is 1. The standard InChI is InChI=1S/C28H40N2O4S/c1-34-21-9-10-26-24(18-21)23(12-14-29-26)27(31)11-8-20-13-16-30(19-25(20)28(32)33)15-5-17-35-22-6-3-2-4-7-22/h9-10,12,14,18,20,22,25,27,31H,2-8,11,13,15-17,19H2,1H3,(H,32,33)/t20-,25+,27?/m1/s1. The third-order valence-electron chi connectivity index (χ3n) is 7.83. The second-order valence-corrected chi connectivity index (χ2v) is 11.6. The third-order valence-corrected chi connectivity index (χ3v) is 9.30. The first kappa shape index (κ1) is 26.2. The number of carboxylic acid groups (broad SMARTS) is 1. The highest BCUT2D eigenvalue weighted by atomic mass is 32.2. The Morgan fingerprint density at radius 1 is 1.23 bits per heavy atom. The van der Waals surface area contributed by atoms with Crippen LogP contribution in [0.15, 0.2) is 30.5 Å². The molecule has 0 radical (unpaired) electrons. The van der Waals surface area contributed by atoms with Gasteiger partial charge < -0.3 is 19.8 Å². The van der Waals surface area contributed by atoms with Gasteiger partial charge in [0.05, 0.1) is 24.6 Å². The molecule has 2 aliphatic rings. The first-order valence-electron chi connectivity index (χ1n) is 13.2. The maximum Gasteiger partial charge on any atom is 0.308 e. The number of likely N-dealkylation sites (tertiary alicyclic amines) is 1. The molecule has 1 aliphatic heterocycles. The Hall–Kier alpha value is -1.83. The van der Waals surface area contributed by atoms with Crippen molar-refractivity contribution in [2.75, 3.05) is 32.5 Å². The number of aliphatic carboxylic acids is 1. The molecule has 0 spiro atoms. The highest BCUT2D eigenvalue weighted by Crippen LogP contribution is 2.34. The van der Waals surface area contributed by atoms with Crippen molar-refractivity contribution in [3.63, 3.8) is 0 Å². The molecule has 1 saturated heterocycles. The topological polar surface area (TPSA) is 82.9 Å². The lowest BCUT2D eigenvalue weighted by atomic mass is 9.81. The summed E-state index contributed by atoms with van der Waals surface area (Å²) < 4.78 is 5.35. The summed E-state index contributed by atoms with van der Waals surface area (Å²) in [7, 11) is 1.63. The molecule has 1 unspecified atom stereocenters. The molecular weight excluding hydrogens is 460 g/mol. The van der Waals surface area contributed by atoms with Crippen LogP contribution in [-0.2, 0) is 4.79 Å². The van der Waals surface area contributed by atoms with E-state index in [1.165, 1.54) is 37.9 Å². The van der Waals surface area contributed by atoms with Gasteiger partial charge in [-0.15, -0.1) is 0 Å². The highest BCUT2D eigenvalue weighted by Gasteiger charge is 2.34. The summed E-state index contributed by atoms with van der Waals surface area (Å²) in [5.41, 5.74) is 1.65. The average molecular weight is 501 g/mol. The summed E-state index contributed by atoms with van der Waals surface area (Å²) in [5, 5.41) is 22.7. The minimum Gasteiger partial charge on any atom is -0.497 e. The van der Waals surface area contributed by atoms with Gasteiger partial charge in [0.15, 0.2) is 0 Å². The van der Waals surface area contributed by atoms with Gasteiger partial charge in [-0.3, -0.25) is 9.78 Å². The van der Waals surface area contributed by atoms with Crippen LogP contribution in [-0.4, -0.2) is 63.8 Å². The summed E-state index contributed by atoms with van der Waals surface area (Å²) in [6.45, 7) is 2.57. The van der Waals surface area contributed by atoms with Crippen LogP contribution in [0.2, 0.25) is 0 Å². The molecule has 1 aliphatic carbocycles. The van der Waals surface area contributed by atoms with Crippen LogP contribution < -0.4 is 4.74 Å². The maximum absolute atomic E-state index is 12.1. The monoisotopic (exact) mass is 500 g/mol. The van der Waals surface area contributed by atoms with E-state index in [1.54, 1.807) is 13.3 Å². The van der Waals surface area contributed by atoms with Crippen LogP contribution in [0.4, 0.5) is 0 Å². The number of thioether (sulfide) groups is 1. The quantitative estimate of drug-likeness (QED) is 0.392. The molecule has 35 heavy (non-hydrogen) atoms. The van der Waals surface area contributed by atoms with E-state index < -0.39 is 12.1 Å². The molecule has 2 fully saturated rings. The van der Waals surface area contributed by atoms with Gasteiger partial charge in [-0.2, -0.15) is 11.8 Å². The molecule has 1 saturated carbocycles. The summed E-state index contributed by atoms with van der Waals surface area (Å²) in [4.78, 5) is 18.8. The minimum absolute atomic E-state index is 0.0950. The van der Waals surface area contributed by atoms with E-state index in [1.807, 2.05) is 24.3 Å². The maximum atomic E-state index is 12.1. The third kappa shape index (κ3) is 7.11. The van der Waals surface area contributed by atoms with Crippen LogP contribution in [0, 0.1) is 11.8 Å². The van der Waals surface area contributed by atoms with Crippen molar-refractivity contribution >= 4 is 28.6 Å². The number of aromatic nitrogens is 1.